The van der Waals surface area contributed by atoms with E-state index in [1.165, 1.54) is 0 Å². The number of pyridine rings is 1. The number of aromatic nitrogens is 1. The third kappa shape index (κ3) is 7.20. The van der Waals surface area contributed by atoms with Gasteiger partial charge in [-0.3, -0.25) is 0 Å². The van der Waals surface area contributed by atoms with Crippen LogP contribution < -0.4 is 44.9 Å². The Bertz CT molecular complexity index is 1340. The maximum Gasteiger partial charge on any atom is 1.00 e. The molecule has 1 aromatic heterocycles. The fourth-order valence-electron chi connectivity index (χ4n) is 4.11. The van der Waals surface area contributed by atoms with Crippen molar-refractivity contribution in [2.24, 2.45) is 0 Å². The maximum atomic E-state index is 12.0. The number of rotatable bonds is 12. The third-order valence-corrected chi connectivity index (χ3v) is 5.79. The number of nitrogens with zero attached hydrogens (tertiary/aromatic N) is 2. The second kappa shape index (κ2) is 13.4. The fourth-order valence-corrected chi connectivity index (χ4v) is 4.11. The number of aliphatic carboxylic acids is 1. The number of hydrogen-bond donors (Lipinski definition) is 2. The van der Waals surface area contributed by atoms with E-state index in [9.17, 15) is 19.8 Å². The summed E-state index contributed by atoms with van der Waals surface area (Å²) < 4.78 is 5.72. The molecule has 4 rings (SSSR count). The van der Waals surface area contributed by atoms with Crippen LogP contribution in [-0.2, 0) is 9.53 Å². The summed E-state index contributed by atoms with van der Waals surface area (Å²) in [6.07, 6.45) is 1.08. The molecular weight excluding hydrogens is 481 g/mol. The first kappa shape index (κ1) is 28.4. The van der Waals surface area contributed by atoms with Crippen LogP contribution in [0, 0.1) is 0 Å². The van der Waals surface area contributed by atoms with Gasteiger partial charge in [-0.25, -0.2) is 9.78 Å². The zero-order valence-electron chi connectivity index (χ0n) is 21.1. The number of aromatic carboxylic acids is 1. The van der Waals surface area contributed by atoms with E-state index in [1.807, 2.05) is 66.4 Å². The molecular formula is C28H28N3NaO5. The number of benzene rings is 3. The maximum absolute atomic E-state index is 12.0. The smallest absolute Gasteiger partial charge is 0.550 e. The molecule has 0 bridgehead atoms. The molecule has 1 heterocycles. The average Bonchev–Trinajstić information content (AvgIpc) is 2.87. The van der Waals surface area contributed by atoms with Gasteiger partial charge in [-0.2, -0.15) is 0 Å². The average molecular weight is 510 g/mol. The summed E-state index contributed by atoms with van der Waals surface area (Å²) in [5.74, 6) is -2.18. The van der Waals surface area contributed by atoms with Crippen LogP contribution in [0.1, 0.15) is 36.5 Å². The molecule has 186 valence electrons. The van der Waals surface area contributed by atoms with Crippen LogP contribution in [0.4, 0.5) is 17.1 Å². The first-order valence-electron chi connectivity index (χ1n) is 11.9. The first-order valence-corrected chi connectivity index (χ1v) is 11.9. The molecule has 4 aromatic rings. The van der Waals surface area contributed by atoms with Crippen LogP contribution in [0.2, 0.25) is 0 Å². The van der Waals surface area contributed by atoms with Gasteiger partial charge in [-0.1, -0.05) is 43.3 Å². The molecule has 0 unspecified atom stereocenters. The Balaban J connectivity index is 0.00000380. The van der Waals surface area contributed by atoms with Gasteiger partial charge in [0.25, 0.3) is 0 Å². The minimum atomic E-state index is -1.12. The summed E-state index contributed by atoms with van der Waals surface area (Å²) in [4.78, 5) is 29.5. The molecule has 0 aliphatic carbocycles. The van der Waals surface area contributed by atoms with Crippen LogP contribution in [0.5, 0.6) is 0 Å². The van der Waals surface area contributed by atoms with E-state index in [4.69, 9.17) is 9.72 Å². The molecule has 0 saturated carbocycles. The Labute approximate surface area is 237 Å². The van der Waals surface area contributed by atoms with Crippen molar-refractivity contribution < 1.29 is 54.1 Å². The van der Waals surface area contributed by atoms with Crippen molar-refractivity contribution in [2.75, 3.05) is 30.1 Å². The van der Waals surface area contributed by atoms with Gasteiger partial charge in [0.05, 0.1) is 22.3 Å². The summed E-state index contributed by atoms with van der Waals surface area (Å²) in [5.41, 5.74) is 3.80. The molecule has 3 aromatic carbocycles. The van der Waals surface area contributed by atoms with Gasteiger partial charge >= 0.3 is 35.5 Å². The molecule has 2 N–H and O–H groups in total. The quantitative estimate of drug-likeness (QED) is 0.128. The van der Waals surface area contributed by atoms with Gasteiger partial charge in [0.15, 0.2) is 0 Å². The van der Waals surface area contributed by atoms with Crippen molar-refractivity contribution in [3.05, 3.63) is 72.3 Å². The van der Waals surface area contributed by atoms with Gasteiger partial charge in [-0.15, -0.1) is 0 Å². The molecule has 0 aliphatic rings. The van der Waals surface area contributed by atoms with E-state index in [0.29, 0.717) is 30.9 Å². The number of fused-ring (bicyclic) bond motifs is 2. The summed E-state index contributed by atoms with van der Waals surface area (Å²) in [7, 11) is 0. The summed E-state index contributed by atoms with van der Waals surface area (Å²) in [6, 6.07) is 20.6. The van der Waals surface area contributed by atoms with Crippen LogP contribution in [0.15, 0.2) is 66.7 Å². The van der Waals surface area contributed by atoms with Gasteiger partial charge in [0, 0.05) is 41.3 Å². The zero-order valence-corrected chi connectivity index (χ0v) is 23.1. The Morgan fingerprint density at radius 1 is 1.03 bits per heavy atom. The Morgan fingerprint density at radius 3 is 2.27 bits per heavy atom. The molecule has 0 fully saturated rings. The van der Waals surface area contributed by atoms with E-state index in [0.717, 1.165) is 33.9 Å². The van der Waals surface area contributed by atoms with E-state index in [1.54, 1.807) is 12.1 Å². The predicted molar refractivity (Wildman–Crippen MR) is 139 cm³/mol. The van der Waals surface area contributed by atoms with Crippen molar-refractivity contribution >= 4 is 50.8 Å². The number of para-hydroxylation sites is 2. The number of anilines is 3. The van der Waals surface area contributed by atoms with E-state index in [-0.39, 0.29) is 48.3 Å². The van der Waals surface area contributed by atoms with Crippen molar-refractivity contribution in [1.82, 2.24) is 4.98 Å². The fraction of sp³-hybridized carbons (Fsp3) is 0.250. The molecule has 0 spiro atoms. The molecule has 0 amide bonds. The Hall–Kier alpha value is -3.17. The van der Waals surface area contributed by atoms with E-state index >= 15 is 0 Å². The van der Waals surface area contributed by atoms with Crippen molar-refractivity contribution in [2.45, 2.75) is 26.2 Å². The number of nitrogens with one attached hydrogen (secondary N) is 1. The number of ether oxygens (including phenoxy) is 1. The summed E-state index contributed by atoms with van der Waals surface area (Å²) >= 11 is 0. The van der Waals surface area contributed by atoms with Crippen LogP contribution in [0.25, 0.3) is 21.8 Å². The molecule has 9 heteroatoms. The van der Waals surface area contributed by atoms with Crippen LogP contribution >= 0.6 is 0 Å². The second-order valence-corrected chi connectivity index (χ2v) is 8.50. The minimum absolute atomic E-state index is 0. The summed E-state index contributed by atoms with van der Waals surface area (Å²) in [5, 5.41) is 26.0. The largest absolute Gasteiger partial charge is 1.00 e. The van der Waals surface area contributed by atoms with Crippen molar-refractivity contribution in [3.8, 4) is 0 Å². The van der Waals surface area contributed by atoms with Gasteiger partial charge in [-0.05, 0) is 49.6 Å². The minimum Gasteiger partial charge on any atom is -0.550 e. The standard InChI is InChI=1S/C28H29N3O5.Na/c1-2-14-36-18-31(13-7-12-26(32)33)21-16-19(28(34)35)15-20(17-21)29-27-22-8-3-5-10-24(22)30-25-11-6-4-9-23(25)27;/h3-6,8-11,15-17H,2,7,12-14,18H2,1H3,(H,29,30)(H,32,33)(H,34,35);/q;+1/p-1. The predicted octanol–water partition coefficient (Wildman–Crippen LogP) is 1.55. The molecule has 0 atom stereocenters. The monoisotopic (exact) mass is 509 g/mol. The number of carboxylic acid groups (broad SMARTS) is 2. The number of carboxylic acids is 2. The normalized spacial score (nSPS) is 10.7. The van der Waals surface area contributed by atoms with Crippen molar-refractivity contribution in [1.29, 1.82) is 0 Å². The van der Waals surface area contributed by atoms with E-state index in [2.05, 4.69) is 5.32 Å². The topological polar surface area (TPSA) is 115 Å². The van der Waals surface area contributed by atoms with Gasteiger partial charge in [0.1, 0.15) is 6.73 Å². The number of hydrogen-bond acceptors (Lipinski definition) is 7. The van der Waals surface area contributed by atoms with E-state index < -0.39 is 11.9 Å². The Morgan fingerprint density at radius 2 is 1.68 bits per heavy atom. The number of carbonyl (C=O) groups excluding carboxylic acids is 1. The van der Waals surface area contributed by atoms with Crippen LogP contribution in [-0.4, -0.2) is 41.9 Å². The zero-order chi connectivity index (χ0) is 25.5. The summed E-state index contributed by atoms with van der Waals surface area (Å²) in [6.45, 7) is 3.12. The molecule has 37 heavy (non-hydrogen) atoms. The molecule has 0 saturated heterocycles. The third-order valence-electron chi connectivity index (χ3n) is 5.79. The number of carbonyl (C=O) groups is 2. The molecule has 0 aliphatic heterocycles. The first-order chi connectivity index (χ1) is 17.5. The second-order valence-electron chi connectivity index (χ2n) is 8.50. The Kier molecular flexibility index (Phi) is 10.3. The van der Waals surface area contributed by atoms with Gasteiger partial charge in [0.2, 0.25) is 0 Å². The van der Waals surface area contributed by atoms with Crippen molar-refractivity contribution in [3.63, 3.8) is 0 Å². The van der Waals surface area contributed by atoms with Gasteiger partial charge < -0.3 is 30.0 Å². The van der Waals surface area contributed by atoms with Crippen LogP contribution in [0.3, 0.4) is 0 Å². The SMILES string of the molecule is CCCOCN(CCCC(=O)[O-])c1cc(Nc2c3ccccc3nc3ccccc23)cc(C(=O)O)c1.[Na+]. The molecule has 0 radical (unpaired) electrons. The molecule has 8 nitrogen and oxygen atoms in total.